The minimum absolute atomic E-state index is 0.348. The molecule has 0 unspecified atom stereocenters. The Labute approximate surface area is 86.5 Å². The molecular formula is C13H19N. The summed E-state index contributed by atoms with van der Waals surface area (Å²) in [4.78, 5) is 0. The predicted octanol–water partition coefficient (Wildman–Crippen LogP) is 3.34. The van der Waals surface area contributed by atoms with Gasteiger partial charge in [0.1, 0.15) is 0 Å². The summed E-state index contributed by atoms with van der Waals surface area (Å²) in [7, 11) is 0. The van der Waals surface area contributed by atoms with Crippen molar-refractivity contribution in [3.63, 3.8) is 0 Å². The van der Waals surface area contributed by atoms with Gasteiger partial charge in [-0.2, -0.15) is 0 Å². The van der Waals surface area contributed by atoms with Gasteiger partial charge in [0, 0.05) is 17.6 Å². The number of aryl methyl sites for hydroxylation is 1. The molecule has 14 heavy (non-hydrogen) atoms. The fraction of sp³-hybridized carbons (Fsp3) is 0.538. The monoisotopic (exact) mass is 189 g/mol. The summed E-state index contributed by atoms with van der Waals surface area (Å²) in [6.45, 7) is 7.94. The van der Waals surface area contributed by atoms with Crippen molar-refractivity contribution < 1.29 is 0 Å². The van der Waals surface area contributed by atoms with E-state index < -0.39 is 0 Å². The van der Waals surface area contributed by atoms with Crippen LogP contribution < -0.4 is 5.32 Å². The average molecular weight is 189 g/mol. The van der Waals surface area contributed by atoms with Crippen LogP contribution in [0.3, 0.4) is 0 Å². The first-order valence-electron chi connectivity index (χ1n) is 5.57. The Hall–Kier alpha value is -0.980. The van der Waals surface area contributed by atoms with E-state index in [2.05, 4.69) is 44.3 Å². The predicted molar refractivity (Wildman–Crippen MR) is 62.0 cm³/mol. The zero-order chi connectivity index (χ0) is 10.2. The van der Waals surface area contributed by atoms with Gasteiger partial charge in [0.15, 0.2) is 0 Å². The standard InChI is InChI=1S/C13H19N/c1-4-10-7-6-8-11-12(10)14-9-13(11,3)5-2/h6-8,14H,4-5,9H2,1-3H3/t13-/m1/s1. The molecule has 1 atom stereocenters. The fourth-order valence-corrected chi connectivity index (χ4v) is 2.30. The molecule has 0 amide bonds. The third kappa shape index (κ3) is 1.23. The average Bonchev–Trinajstić information content (AvgIpc) is 2.58. The van der Waals surface area contributed by atoms with Gasteiger partial charge < -0.3 is 5.32 Å². The first-order chi connectivity index (χ1) is 6.71. The Balaban J connectivity index is 2.52. The molecule has 1 heteroatoms. The van der Waals surface area contributed by atoms with Crippen LogP contribution in [0.25, 0.3) is 0 Å². The lowest BCUT2D eigenvalue weighted by Gasteiger charge is -2.21. The van der Waals surface area contributed by atoms with Crippen LogP contribution in [-0.4, -0.2) is 6.54 Å². The molecule has 0 aliphatic carbocycles. The summed E-state index contributed by atoms with van der Waals surface area (Å²) in [5, 5.41) is 3.56. The van der Waals surface area contributed by atoms with Crippen molar-refractivity contribution in [1.29, 1.82) is 0 Å². The van der Waals surface area contributed by atoms with Crippen molar-refractivity contribution in [2.24, 2.45) is 0 Å². The first-order valence-corrected chi connectivity index (χ1v) is 5.57. The smallest absolute Gasteiger partial charge is 0.0411 e. The second kappa shape index (κ2) is 3.30. The quantitative estimate of drug-likeness (QED) is 0.752. The maximum atomic E-state index is 3.56. The first kappa shape index (κ1) is 9.57. The van der Waals surface area contributed by atoms with Crippen molar-refractivity contribution in [2.45, 2.75) is 39.0 Å². The fourth-order valence-electron chi connectivity index (χ4n) is 2.30. The summed E-state index contributed by atoms with van der Waals surface area (Å²) in [6, 6.07) is 6.70. The number of anilines is 1. The summed E-state index contributed by atoms with van der Waals surface area (Å²) in [5.41, 5.74) is 4.72. The molecule has 0 fully saturated rings. The normalized spacial score (nSPS) is 24.5. The highest BCUT2D eigenvalue weighted by atomic mass is 14.9. The lowest BCUT2D eigenvalue weighted by Crippen LogP contribution is -2.22. The Bertz CT molecular complexity index is 343. The zero-order valence-corrected chi connectivity index (χ0v) is 9.35. The minimum atomic E-state index is 0.348. The highest BCUT2D eigenvalue weighted by Gasteiger charge is 2.33. The number of fused-ring (bicyclic) bond motifs is 1. The zero-order valence-electron chi connectivity index (χ0n) is 9.35. The number of hydrogen-bond donors (Lipinski definition) is 1. The van der Waals surface area contributed by atoms with Gasteiger partial charge in [0.05, 0.1) is 0 Å². The van der Waals surface area contributed by atoms with Crippen LogP contribution >= 0.6 is 0 Å². The van der Waals surface area contributed by atoms with Crippen LogP contribution in [0, 0.1) is 0 Å². The molecule has 1 heterocycles. The molecule has 0 radical (unpaired) electrons. The molecule has 1 nitrogen and oxygen atoms in total. The van der Waals surface area contributed by atoms with E-state index in [0.29, 0.717) is 5.41 Å². The molecule has 0 spiro atoms. The van der Waals surface area contributed by atoms with Crippen molar-refractivity contribution in [3.8, 4) is 0 Å². The molecular weight excluding hydrogens is 170 g/mol. The topological polar surface area (TPSA) is 12.0 Å². The maximum absolute atomic E-state index is 3.56. The molecule has 1 aliphatic rings. The van der Waals surface area contributed by atoms with Gasteiger partial charge in [0.2, 0.25) is 0 Å². The van der Waals surface area contributed by atoms with Gasteiger partial charge >= 0.3 is 0 Å². The van der Waals surface area contributed by atoms with Crippen molar-refractivity contribution >= 4 is 5.69 Å². The highest BCUT2D eigenvalue weighted by molar-refractivity contribution is 5.64. The second-order valence-corrected chi connectivity index (χ2v) is 4.46. The Morgan fingerprint density at radius 1 is 1.36 bits per heavy atom. The van der Waals surface area contributed by atoms with Crippen LogP contribution in [0.5, 0.6) is 0 Å². The summed E-state index contributed by atoms with van der Waals surface area (Å²) in [5.74, 6) is 0. The van der Waals surface area contributed by atoms with E-state index in [9.17, 15) is 0 Å². The Morgan fingerprint density at radius 3 is 2.79 bits per heavy atom. The van der Waals surface area contributed by atoms with Crippen LogP contribution in [0.2, 0.25) is 0 Å². The highest BCUT2D eigenvalue weighted by Crippen LogP contribution is 2.40. The molecule has 76 valence electrons. The molecule has 0 bridgehead atoms. The molecule has 1 aliphatic heterocycles. The maximum Gasteiger partial charge on any atom is 0.0411 e. The van der Waals surface area contributed by atoms with Crippen molar-refractivity contribution in [3.05, 3.63) is 29.3 Å². The molecule has 0 aromatic heterocycles. The molecule has 1 aromatic rings. The van der Waals surface area contributed by atoms with E-state index in [4.69, 9.17) is 0 Å². The van der Waals surface area contributed by atoms with Gasteiger partial charge in [-0.3, -0.25) is 0 Å². The van der Waals surface area contributed by atoms with E-state index in [1.54, 1.807) is 0 Å². The van der Waals surface area contributed by atoms with E-state index in [1.807, 2.05) is 0 Å². The van der Waals surface area contributed by atoms with Gasteiger partial charge in [-0.15, -0.1) is 0 Å². The number of rotatable bonds is 2. The van der Waals surface area contributed by atoms with Crippen LogP contribution in [-0.2, 0) is 11.8 Å². The molecule has 1 aromatic carbocycles. The van der Waals surface area contributed by atoms with Crippen LogP contribution in [0.15, 0.2) is 18.2 Å². The number of nitrogens with one attached hydrogen (secondary N) is 1. The van der Waals surface area contributed by atoms with Crippen LogP contribution in [0.4, 0.5) is 5.69 Å². The SMILES string of the molecule is CCc1cccc2c1NC[C@@]2(C)CC. The third-order valence-corrected chi connectivity index (χ3v) is 3.62. The largest absolute Gasteiger partial charge is 0.384 e. The molecule has 0 saturated heterocycles. The van der Waals surface area contributed by atoms with E-state index in [0.717, 1.165) is 13.0 Å². The van der Waals surface area contributed by atoms with Gasteiger partial charge in [-0.05, 0) is 24.0 Å². The third-order valence-electron chi connectivity index (χ3n) is 3.62. The van der Waals surface area contributed by atoms with Gasteiger partial charge in [-0.25, -0.2) is 0 Å². The lowest BCUT2D eigenvalue weighted by molar-refractivity contribution is 0.504. The summed E-state index contributed by atoms with van der Waals surface area (Å²) in [6.07, 6.45) is 2.33. The summed E-state index contributed by atoms with van der Waals surface area (Å²) < 4.78 is 0. The number of hydrogen-bond acceptors (Lipinski definition) is 1. The minimum Gasteiger partial charge on any atom is -0.384 e. The van der Waals surface area contributed by atoms with Crippen molar-refractivity contribution in [1.82, 2.24) is 0 Å². The summed E-state index contributed by atoms with van der Waals surface area (Å²) >= 11 is 0. The van der Waals surface area contributed by atoms with E-state index in [1.165, 1.54) is 23.2 Å². The van der Waals surface area contributed by atoms with Gasteiger partial charge in [0.25, 0.3) is 0 Å². The van der Waals surface area contributed by atoms with Crippen LogP contribution in [0.1, 0.15) is 38.3 Å². The molecule has 1 N–H and O–H groups in total. The Morgan fingerprint density at radius 2 is 2.14 bits per heavy atom. The number of benzene rings is 1. The van der Waals surface area contributed by atoms with Crippen molar-refractivity contribution in [2.75, 3.05) is 11.9 Å². The van der Waals surface area contributed by atoms with E-state index >= 15 is 0 Å². The molecule has 0 saturated carbocycles. The lowest BCUT2D eigenvalue weighted by atomic mass is 9.81. The Kier molecular flexibility index (Phi) is 2.26. The second-order valence-electron chi connectivity index (χ2n) is 4.46. The van der Waals surface area contributed by atoms with Gasteiger partial charge in [-0.1, -0.05) is 39.0 Å². The number of para-hydroxylation sites is 1. The van der Waals surface area contributed by atoms with E-state index in [-0.39, 0.29) is 0 Å². The molecule has 2 rings (SSSR count).